The highest BCUT2D eigenvalue weighted by atomic mass is 32.1. The van der Waals surface area contributed by atoms with Crippen LogP contribution in [0.2, 0.25) is 0 Å². The zero-order chi connectivity index (χ0) is 21.6. The zero-order valence-electron chi connectivity index (χ0n) is 15.2. The molecule has 0 aliphatic carbocycles. The minimum atomic E-state index is -4.92. The molecule has 1 amide bonds. The van der Waals surface area contributed by atoms with Crippen molar-refractivity contribution in [1.29, 1.82) is 5.26 Å². The van der Waals surface area contributed by atoms with Crippen LogP contribution in [-0.2, 0) is 22.2 Å². The number of carbonyl (C=O) groups excluding carboxylic acids is 1. The van der Waals surface area contributed by atoms with E-state index in [1.807, 2.05) is 0 Å². The van der Waals surface area contributed by atoms with Crippen molar-refractivity contribution in [2.75, 3.05) is 9.80 Å². The molecule has 0 saturated carbocycles. The van der Waals surface area contributed by atoms with Crippen LogP contribution in [0.1, 0.15) is 25.0 Å². The molecule has 2 aromatic carbocycles. The molecule has 29 heavy (non-hydrogen) atoms. The lowest BCUT2D eigenvalue weighted by Crippen LogP contribution is -2.44. The third kappa shape index (κ3) is 3.23. The summed E-state index contributed by atoms with van der Waals surface area (Å²) in [6.45, 7) is 2.94. The molecule has 0 bridgehead atoms. The first-order chi connectivity index (χ1) is 13.5. The Morgan fingerprint density at radius 3 is 2.28 bits per heavy atom. The fraction of sp³-hybridized carbons (Fsp3) is 0.211. The van der Waals surface area contributed by atoms with Crippen molar-refractivity contribution in [3.8, 4) is 11.8 Å². The number of hydrogen-bond donors (Lipinski definition) is 1. The number of benzene rings is 2. The second-order valence-electron chi connectivity index (χ2n) is 6.73. The van der Waals surface area contributed by atoms with Gasteiger partial charge in [-0.1, -0.05) is 6.07 Å². The number of carbonyl (C=O) groups is 1. The number of rotatable bonds is 2. The number of anilines is 2. The largest absolute Gasteiger partial charge is 0.508 e. The van der Waals surface area contributed by atoms with E-state index in [1.54, 1.807) is 0 Å². The second-order valence-corrected chi connectivity index (χ2v) is 7.26. The smallest absolute Gasteiger partial charge is 0.419 e. The number of aromatic hydroxyl groups is 1. The van der Waals surface area contributed by atoms with Crippen molar-refractivity contribution in [3.05, 3.63) is 53.6 Å². The molecule has 150 valence electrons. The van der Waals surface area contributed by atoms with Gasteiger partial charge in [-0.25, -0.2) is 4.21 Å². The van der Waals surface area contributed by atoms with Gasteiger partial charge in [0.1, 0.15) is 22.5 Å². The predicted molar refractivity (Wildman–Crippen MR) is 101 cm³/mol. The lowest BCUT2D eigenvalue weighted by atomic mass is 10.0. The minimum Gasteiger partial charge on any atom is -0.508 e. The molecule has 0 aromatic heterocycles. The Kier molecular flexibility index (Phi) is 4.88. The molecule has 1 saturated heterocycles. The first-order valence-electron chi connectivity index (χ1n) is 8.25. The normalized spacial score (nSPS) is 16.1. The van der Waals surface area contributed by atoms with Gasteiger partial charge >= 0.3 is 6.18 Å². The number of amides is 1. The fourth-order valence-corrected chi connectivity index (χ4v) is 3.90. The Morgan fingerprint density at radius 2 is 1.76 bits per heavy atom. The number of nitriles is 1. The van der Waals surface area contributed by atoms with Gasteiger partial charge in [-0.3, -0.25) is 9.69 Å². The van der Waals surface area contributed by atoms with Crippen LogP contribution in [0.3, 0.4) is 0 Å². The maximum atomic E-state index is 13.7. The van der Waals surface area contributed by atoms with Crippen LogP contribution in [0.15, 0.2) is 42.5 Å². The summed E-state index contributed by atoms with van der Waals surface area (Å²) in [6.07, 6.45) is -4.92. The van der Waals surface area contributed by atoms with Gasteiger partial charge in [0.2, 0.25) is 5.11 Å². The SMILES string of the molecule is CC1(C)C(=O)N(c2cccc(C#N)c2C(F)(F)F)C(=S=O)N1c1ccc(O)cc1. The molecule has 3 rings (SSSR count). The summed E-state index contributed by atoms with van der Waals surface area (Å²) < 4.78 is 53.2. The molecule has 0 atom stereocenters. The Balaban J connectivity index is 2.28. The number of alkyl halides is 3. The number of phenolic OH excluding ortho intramolecular Hbond substituents is 1. The number of phenols is 1. The van der Waals surface area contributed by atoms with Crippen LogP contribution in [0, 0.1) is 11.3 Å². The van der Waals surface area contributed by atoms with E-state index in [9.17, 15) is 27.3 Å². The number of nitrogens with zero attached hydrogens (tertiary/aromatic N) is 3. The molecule has 1 aliphatic rings. The van der Waals surface area contributed by atoms with Gasteiger partial charge in [-0.2, -0.15) is 18.4 Å². The summed E-state index contributed by atoms with van der Waals surface area (Å²) in [5.74, 6) is -0.809. The van der Waals surface area contributed by atoms with E-state index in [0.717, 1.165) is 12.1 Å². The molecule has 0 unspecified atom stereocenters. The van der Waals surface area contributed by atoms with Gasteiger partial charge < -0.3 is 10.0 Å². The lowest BCUT2D eigenvalue weighted by molar-refractivity contribution is -0.137. The van der Waals surface area contributed by atoms with E-state index in [2.05, 4.69) is 0 Å². The van der Waals surface area contributed by atoms with Crippen LogP contribution < -0.4 is 9.80 Å². The molecule has 10 heteroatoms. The maximum Gasteiger partial charge on any atom is 0.419 e. The van der Waals surface area contributed by atoms with Crippen LogP contribution >= 0.6 is 0 Å². The summed E-state index contributed by atoms with van der Waals surface area (Å²) in [5, 5.41) is 18.3. The van der Waals surface area contributed by atoms with Gasteiger partial charge in [0.05, 0.1) is 22.9 Å². The van der Waals surface area contributed by atoms with Crippen molar-refractivity contribution in [2.24, 2.45) is 0 Å². The van der Waals surface area contributed by atoms with Crippen molar-refractivity contribution in [2.45, 2.75) is 25.6 Å². The Morgan fingerprint density at radius 1 is 1.14 bits per heavy atom. The van der Waals surface area contributed by atoms with E-state index in [-0.39, 0.29) is 22.1 Å². The highest BCUT2D eigenvalue weighted by Gasteiger charge is 2.53. The Bertz CT molecular complexity index is 1080. The van der Waals surface area contributed by atoms with E-state index in [4.69, 9.17) is 5.26 Å². The summed E-state index contributed by atoms with van der Waals surface area (Å²) in [5.41, 5.74) is -3.58. The minimum absolute atomic E-state index is 0.0497. The number of halogens is 3. The first-order valence-corrected chi connectivity index (χ1v) is 8.99. The van der Waals surface area contributed by atoms with E-state index in [1.165, 1.54) is 55.1 Å². The average Bonchev–Trinajstić information content (AvgIpc) is 2.87. The molecule has 6 nitrogen and oxygen atoms in total. The molecule has 1 aliphatic heterocycles. The summed E-state index contributed by atoms with van der Waals surface area (Å²) in [6, 6.07) is 10.3. The highest BCUT2D eigenvalue weighted by molar-refractivity contribution is 7.67. The summed E-state index contributed by atoms with van der Waals surface area (Å²) >= 11 is -0.134. The molecule has 1 N–H and O–H groups in total. The quantitative estimate of drug-likeness (QED) is 0.753. The van der Waals surface area contributed by atoms with Gasteiger partial charge in [0, 0.05) is 5.69 Å². The van der Waals surface area contributed by atoms with E-state index in [0.29, 0.717) is 10.6 Å². The number of hydrogen-bond acceptors (Lipinski definition) is 4. The third-order valence-electron chi connectivity index (χ3n) is 4.54. The molecule has 1 fully saturated rings. The first kappa shape index (κ1) is 20.4. The predicted octanol–water partition coefficient (Wildman–Crippen LogP) is 3.21. The molecular weight excluding hydrogens is 407 g/mol. The Labute approximate surface area is 167 Å². The van der Waals surface area contributed by atoms with Crippen LogP contribution in [0.5, 0.6) is 5.75 Å². The van der Waals surface area contributed by atoms with E-state index >= 15 is 0 Å². The van der Waals surface area contributed by atoms with Gasteiger partial charge in [-0.05, 0) is 50.2 Å². The Hall–Kier alpha value is -3.32. The average molecular weight is 421 g/mol. The molecule has 0 radical (unpaired) electrons. The molecule has 0 spiro atoms. The third-order valence-corrected chi connectivity index (χ3v) is 5.05. The summed E-state index contributed by atoms with van der Waals surface area (Å²) in [7, 11) is 0. The second kappa shape index (κ2) is 6.93. The van der Waals surface area contributed by atoms with Gasteiger partial charge in [0.25, 0.3) is 5.91 Å². The van der Waals surface area contributed by atoms with Crippen molar-refractivity contribution < 1.29 is 27.3 Å². The zero-order valence-corrected chi connectivity index (χ0v) is 16.0. The van der Waals surface area contributed by atoms with Gasteiger partial charge in [0.15, 0.2) is 0 Å². The topological polar surface area (TPSA) is 84.6 Å². The van der Waals surface area contributed by atoms with Gasteiger partial charge in [-0.15, -0.1) is 0 Å². The van der Waals surface area contributed by atoms with Crippen molar-refractivity contribution in [1.82, 2.24) is 0 Å². The molecular formula is C19H14F3N3O3S. The lowest BCUT2D eigenvalue weighted by Gasteiger charge is -2.29. The highest BCUT2D eigenvalue weighted by Crippen LogP contribution is 2.43. The summed E-state index contributed by atoms with van der Waals surface area (Å²) in [4.78, 5) is 15.2. The monoisotopic (exact) mass is 421 g/mol. The van der Waals surface area contributed by atoms with E-state index < -0.39 is 34.4 Å². The molecule has 2 aromatic rings. The van der Waals surface area contributed by atoms with Crippen molar-refractivity contribution in [3.63, 3.8) is 0 Å². The fourth-order valence-electron chi connectivity index (χ4n) is 3.23. The van der Waals surface area contributed by atoms with Crippen molar-refractivity contribution >= 4 is 33.6 Å². The maximum absolute atomic E-state index is 13.7. The van der Waals surface area contributed by atoms with Crippen LogP contribution in [0.25, 0.3) is 0 Å². The standard InChI is InChI=1S/C19H14F3N3O3S/c1-18(2)16(27)24(14-5-3-4-11(10-23)15(14)19(20,21)22)17(29-28)25(18)12-6-8-13(26)9-7-12/h3-9,26H,1-2H3. The van der Waals surface area contributed by atoms with Crippen LogP contribution in [-0.4, -0.2) is 25.9 Å². The van der Waals surface area contributed by atoms with Crippen LogP contribution in [0.4, 0.5) is 24.5 Å². The molecule has 1 heterocycles.